The molecule has 1 aliphatic carbocycles. The van der Waals surface area contributed by atoms with Gasteiger partial charge in [0.1, 0.15) is 0 Å². The Hall–Kier alpha value is -2.08. The van der Waals surface area contributed by atoms with E-state index in [2.05, 4.69) is 17.5 Å². The molecule has 0 fully saturated rings. The van der Waals surface area contributed by atoms with Crippen LogP contribution in [-0.2, 0) is 0 Å². The van der Waals surface area contributed by atoms with Gasteiger partial charge in [0.15, 0.2) is 0 Å². The number of amides is 1. The first-order chi connectivity index (χ1) is 8.79. The summed E-state index contributed by atoms with van der Waals surface area (Å²) < 4.78 is 0. The summed E-state index contributed by atoms with van der Waals surface area (Å²) in [5.41, 5.74) is 1.07. The molecule has 92 valence electrons. The molecule has 0 bridgehead atoms. The lowest BCUT2D eigenvalue weighted by molar-refractivity contribution is 0.0946. The number of carbonyl (C=O) groups excluding carboxylic acids is 1. The van der Waals surface area contributed by atoms with E-state index in [1.165, 1.54) is 0 Å². The van der Waals surface area contributed by atoms with Crippen molar-refractivity contribution in [1.82, 2.24) is 5.32 Å². The van der Waals surface area contributed by atoms with E-state index < -0.39 is 0 Å². The van der Waals surface area contributed by atoms with Crippen LogP contribution in [0.3, 0.4) is 0 Å². The lowest BCUT2D eigenvalue weighted by Gasteiger charge is -2.18. The van der Waals surface area contributed by atoms with Crippen molar-refractivity contribution in [2.45, 2.75) is 19.3 Å². The van der Waals surface area contributed by atoms with E-state index in [0.29, 0.717) is 23.6 Å². The van der Waals surface area contributed by atoms with Crippen LogP contribution in [0.25, 0.3) is 0 Å². The molecule has 0 aliphatic heterocycles. The molecule has 0 heterocycles. The van der Waals surface area contributed by atoms with Crippen molar-refractivity contribution in [1.29, 1.82) is 5.26 Å². The minimum atomic E-state index is -0.0957. The van der Waals surface area contributed by atoms with Crippen LogP contribution < -0.4 is 5.32 Å². The van der Waals surface area contributed by atoms with Crippen molar-refractivity contribution < 1.29 is 4.79 Å². The van der Waals surface area contributed by atoms with E-state index >= 15 is 0 Å². The summed E-state index contributed by atoms with van der Waals surface area (Å²) in [6, 6.07) is 8.82. The van der Waals surface area contributed by atoms with Gasteiger partial charge in [-0.2, -0.15) is 5.26 Å². The number of nitrogens with zero attached hydrogens (tertiary/aromatic N) is 1. The molecule has 0 spiro atoms. The zero-order chi connectivity index (χ0) is 12.8. The van der Waals surface area contributed by atoms with E-state index in [1.54, 1.807) is 24.3 Å². The first-order valence-electron chi connectivity index (χ1n) is 6.23. The molecule has 0 saturated heterocycles. The number of hydrogen-bond acceptors (Lipinski definition) is 2. The van der Waals surface area contributed by atoms with Gasteiger partial charge in [-0.05, 0) is 43.4 Å². The molecule has 0 radical (unpaired) electrons. The van der Waals surface area contributed by atoms with Crippen LogP contribution in [0, 0.1) is 17.2 Å². The highest BCUT2D eigenvalue weighted by Gasteiger charge is 2.12. The Morgan fingerprint density at radius 2 is 2.33 bits per heavy atom. The maximum Gasteiger partial charge on any atom is 0.251 e. The van der Waals surface area contributed by atoms with Crippen molar-refractivity contribution in [2.75, 3.05) is 6.54 Å². The van der Waals surface area contributed by atoms with Crippen molar-refractivity contribution in [3.63, 3.8) is 0 Å². The first kappa shape index (κ1) is 12.4. The Bertz CT molecular complexity index is 499. The summed E-state index contributed by atoms with van der Waals surface area (Å²) in [5.74, 6) is 0.444. The van der Waals surface area contributed by atoms with Crippen molar-refractivity contribution >= 4 is 5.91 Å². The van der Waals surface area contributed by atoms with Gasteiger partial charge in [-0.15, -0.1) is 0 Å². The zero-order valence-electron chi connectivity index (χ0n) is 10.2. The normalized spacial score (nSPS) is 18.1. The monoisotopic (exact) mass is 240 g/mol. The van der Waals surface area contributed by atoms with Gasteiger partial charge in [0.2, 0.25) is 0 Å². The average molecular weight is 240 g/mol. The molecule has 3 nitrogen and oxygen atoms in total. The van der Waals surface area contributed by atoms with Crippen LogP contribution in [0.15, 0.2) is 36.4 Å². The van der Waals surface area contributed by atoms with Crippen LogP contribution >= 0.6 is 0 Å². The van der Waals surface area contributed by atoms with Crippen LogP contribution in [0.1, 0.15) is 35.2 Å². The Morgan fingerprint density at radius 1 is 1.44 bits per heavy atom. The Morgan fingerprint density at radius 3 is 3.06 bits per heavy atom. The minimum absolute atomic E-state index is 0.0957. The fourth-order valence-electron chi connectivity index (χ4n) is 2.11. The fraction of sp³-hybridized carbons (Fsp3) is 0.333. The first-order valence-corrected chi connectivity index (χ1v) is 6.23. The van der Waals surface area contributed by atoms with Crippen LogP contribution in [0.5, 0.6) is 0 Å². The predicted molar refractivity (Wildman–Crippen MR) is 70.0 cm³/mol. The third-order valence-corrected chi connectivity index (χ3v) is 3.18. The predicted octanol–water partition coefficient (Wildman–Crippen LogP) is 2.64. The van der Waals surface area contributed by atoms with E-state index in [4.69, 9.17) is 5.26 Å². The third-order valence-electron chi connectivity index (χ3n) is 3.18. The Labute approximate surface area is 107 Å². The lowest BCUT2D eigenvalue weighted by Crippen LogP contribution is -2.29. The highest BCUT2D eigenvalue weighted by molar-refractivity contribution is 5.94. The van der Waals surface area contributed by atoms with E-state index in [1.807, 2.05) is 6.07 Å². The summed E-state index contributed by atoms with van der Waals surface area (Å²) in [6.07, 6.45) is 7.64. The number of carbonyl (C=O) groups is 1. The molecule has 3 heteroatoms. The molecule has 18 heavy (non-hydrogen) atoms. The van der Waals surface area contributed by atoms with Gasteiger partial charge in [0, 0.05) is 12.1 Å². The van der Waals surface area contributed by atoms with Crippen molar-refractivity contribution in [3.05, 3.63) is 47.5 Å². The topological polar surface area (TPSA) is 52.9 Å². The SMILES string of the molecule is N#Cc1cccc(C(=O)NCC2CC=CCC2)c1. The Balaban J connectivity index is 1.91. The molecule has 1 atom stereocenters. The molecule has 1 aromatic carbocycles. The van der Waals surface area contributed by atoms with E-state index in [0.717, 1.165) is 19.3 Å². The van der Waals surface area contributed by atoms with Gasteiger partial charge in [0.05, 0.1) is 11.6 Å². The molecule has 1 aromatic rings. The molecule has 1 unspecified atom stereocenters. The highest BCUT2D eigenvalue weighted by Crippen LogP contribution is 2.17. The number of hydrogen-bond donors (Lipinski definition) is 1. The molecule has 1 aliphatic rings. The van der Waals surface area contributed by atoms with Gasteiger partial charge < -0.3 is 5.32 Å². The Kier molecular flexibility index (Phi) is 4.14. The molecule has 2 rings (SSSR count). The molecular formula is C15H16N2O. The summed E-state index contributed by atoms with van der Waals surface area (Å²) in [6.45, 7) is 0.708. The summed E-state index contributed by atoms with van der Waals surface area (Å²) in [7, 11) is 0. The zero-order valence-corrected chi connectivity index (χ0v) is 10.2. The molecule has 0 aromatic heterocycles. The third kappa shape index (κ3) is 3.21. The van der Waals surface area contributed by atoms with Gasteiger partial charge >= 0.3 is 0 Å². The van der Waals surface area contributed by atoms with Gasteiger partial charge in [-0.25, -0.2) is 0 Å². The van der Waals surface area contributed by atoms with E-state index in [-0.39, 0.29) is 5.91 Å². The summed E-state index contributed by atoms with van der Waals surface area (Å²) in [5, 5.41) is 11.7. The second kappa shape index (κ2) is 6.02. The molecule has 0 saturated carbocycles. The van der Waals surface area contributed by atoms with Crippen LogP contribution in [0.2, 0.25) is 0 Å². The van der Waals surface area contributed by atoms with Crippen molar-refractivity contribution in [3.8, 4) is 6.07 Å². The average Bonchev–Trinajstić information content (AvgIpc) is 2.46. The maximum absolute atomic E-state index is 11.9. The second-order valence-electron chi connectivity index (χ2n) is 4.55. The largest absolute Gasteiger partial charge is 0.352 e. The van der Waals surface area contributed by atoms with Crippen LogP contribution in [0.4, 0.5) is 0 Å². The summed E-state index contributed by atoms with van der Waals surface area (Å²) in [4.78, 5) is 11.9. The second-order valence-corrected chi connectivity index (χ2v) is 4.55. The number of benzene rings is 1. The fourth-order valence-corrected chi connectivity index (χ4v) is 2.11. The molecule has 1 amide bonds. The number of rotatable bonds is 3. The van der Waals surface area contributed by atoms with Crippen molar-refractivity contribution in [2.24, 2.45) is 5.92 Å². The van der Waals surface area contributed by atoms with Gasteiger partial charge in [-0.3, -0.25) is 4.79 Å². The number of nitrogens with one attached hydrogen (secondary N) is 1. The molecule has 1 N–H and O–H groups in total. The molecular weight excluding hydrogens is 224 g/mol. The van der Waals surface area contributed by atoms with Gasteiger partial charge in [0.25, 0.3) is 5.91 Å². The smallest absolute Gasteiger partial charge is 0.251 e. The quantitative estimate of drug-likeness (QED) is 0.826. The minimum Gasteiger partial charge on any atom is -0.352 e. The van der Waals surface area contributed by atoms with E-state index in [9.17, 15) is 4.79 Å². The number of allylic oxidation sites excluding steroid dienone is 2. The maximum atomic E-state index is 11.9. The van der Waals surface area contributed by atoms with Gasteiger partial charge in [-0.1, -0.05) is 18.2 Å². The number of nitriles is 1. The standard InChI is InChI=1S/C15H16N2O/c16-10-13-7-4-8-14(9-13)15(18)17-11-12-5-2-1-3-6-12/h1-2,4,7-9,12H,3,5-6,11H2,(H,17,18). The lowest BCUT2D eigenvalue weighted by atomic mass is 9.94. The highest BCUT2D eigenvalue weighted by atomic mass is 16.1. The summed E-state index contributed by atoms with van der Waals surface area (Å²) >= 11 is 0. The van der Waals surface area contributed by atoms with Crippen LogP contribution in [-0.4, -0.2) is 12.5 Å².